The number of halogens is 2. The summed E-state index contributed by atoms with van der Waals surface area (Å²) in [7, 11) is 1.43. The molecule has 0 unspecified atom stereocenters. The van der Waals surface area contributed by atoms with Crippen molar-refractivity contribution in [1.82, 2.24) is 34.2 Å². The molecule has 0 spiro atoms. The van der Waals surface area contributed by atoms with Gasteiger partial charge in [-0.3, -0.25) is 9.59 Å². The summed E-state index contributed by atoms with van der Waals surface area (Å²) in [6.07, 6.45) is 0.493. The molecule has 3 aromatic heterocycles. The van der Waals surface area contributed by atoms with Gasteiger partial charge in [-0.15, -0.1) is 5.10 Å². The lowest BCUT2D eigenvalue weighted by Gasteiger charge is -2.30. The molecule has 236 valence electrons. The van der Waals surface area contributed by atoms with E-state index in [1.54, 1.807) is 12.1 Å². The Kier molecular flexibility index (Phi) is 7.45. The number of nitrogens with two attached hydrogens (primary N) is 1. The van der Waals surface area contributed by atoms with E-state index >= 15 is 0 Å². The Labute approximate surface area is 254 Å². The number of aryl methyl sites for hydroxylation is 1. The van der Waals surface area contributed by atoms with Gasteiger partial charge < -0.3 is 15.8 Å². The van der Waals surface area contributed by atoms with Crippen molar-refractivity contribution < 1.29 is 27.9 Å². The summed E-state index contributed by atoms with van der Waals surface area (Å²) in [6.45, 7) is 3.80. The van der Waals surface area contributed by atoms with Crippen LogP contribution in [0.15, 0.2) is 29.3 Å². The maximum absolute atomic E-state index is 13.9. The van der Waals surface area contributed by atoms with Crippen molar-refractivity contribution in [3.63, 3.8) is 0 Å². The van der Waals surface area contributed by atoms with Gasteiger partial charge in [0.2, 0.25) is 0 Å². The number of rotatable bonds is 7. The van der Waals surface area contributed by atoms with Gasteiger partial charge in [0, 0.05) is 25.2 Å². The Morgan fingerprint density at radius 3 is 2.56 bits per heavy atom. The number of anilines is 1. The molecule has 2 aliphatic carbocycles. The highest BCUT2D eigenvalue weighted by Gasteiger charge is 2.39. The van der Waals surface area contributed by atoms with Crippen molar-refractivity contribution in [2.45, 2.75) is 70.9 Å². The third-order valence-electron chi connectivity index (χ3n) is 8.29. The summed E-state index contributed by atoms with van der Waals surface area (Å²) >= 11 is 0. The Hall–Kier alpha value is -5.02. The molecule has 1 fully saturated rings. The molecule has 45 heavy (non-hydrogen) atoms. The molecule has 0 atom stereocenters. The molecular formula is C29H31F2N9O5. The second-order valence-electron chi connectivity index (χ2n) is 12.3. The molecule has 3 heterocycles. The van der Waals surface area contributed by atoms with Crippen LogP contribution in [0, 0.1) is 5.41 Å². The normalized spacial score (nSPS) is 19.5. The summed E-state index contributed by atoms with van der Waals surface area (Å²) in [5.41, 5.74) is 5.44. The zero-order valence-corrected chi connectivity index (χ0v) is 24.8. The van der Waals surface area contributed by atoms with E-state index < -0.39 is 41.2 Å². The van der Waals surface area contributed by atoms with Crippen molar-refractivity contribution in [3.05, 3.63) is 63.2 Å². The highest BCUT2D eigenvalue weighted by atomic mass is 19.3. The molecule has 6 rings (SSSR count). The number of hydrogen-bond donors (Lipinski definition) is 2. The van der Waals surface area contributed by atoms with Crippen molar-refractivity contribution in [2.24, 2.45) is 18.2 Å². The number of fused-ring (bicyclic) bond motifs is 2. The van der Waals surface area contributed by atoms with Crippen molar-refractivity contribution in [3.8, 4) is 5.69 Å². The Morgan fingerprint density at radius 1 is 1.13 bits per heavy atom. The molecule has 16 heteroatoms. The van der Waals surface area contributed by atoms with Gasteiger partial charge in [-0.05, 0) is 55.7 Å². The van der Waals surface area contributed by atoms with Gasteiger partial charge in [0.25, 0.3) is 12.3 Å². The summed E-state index contributed by atoms with van der Waals surface area (Å²) in [5.74, 6) is -1.76. The zero-order chi connectivity index (χ0) is 32.2. The van der Waals surface area contributed by atoms with E-state index in [1.165, 1.54) is 24.1 Å². The summed E-state index contributed by atoms with van der Waals surface area (Å²) in [6, 6.07) is 4.57. The number of amides is 1. The fraction of sp³-hybridized carbons (Fsp3) is 0.448. The number of hydrogen-bond acceptors (Lipinski definition) is 10. The Bertz CT molecular complexity index is 1900. The number of benzene rings is 1. The van der Waals surface area contributed by atoms with Crippen LogP contribution in [-0.2, 0) is 18.2 Å². The van der Waals surface area contributed by atoms with Gasteiger partial charge in [0.05, 0.1) is 22.5 Å². The first-order valence-electron chi connectivity index (χ1n) is 14.4. The van der Waals surface area contributed by atoms with Gasteiger partial charge in [0.1, 0.15) is 18.1 Å². The molecule has 2 aliphatic rings. The number of ether oxygens (including phenoxy) is 1. The number of carbonyl (C=O) groups excluding carboxylic acids is 3. The second kappa shape index (κ2) is 11.2. The SMILES string of the molecule is Cn1nnc2c(C(=O)OC3CCC(Nc4cc(-n5nc(C(F)F)c6c5CC(C)(C)CC6=O)ccc4C(N)=O)CC3)ncn2c1=O. The monoisotopic (exact) mass is 623 g/mol. The van der Waals surface area contributed by atoms with Crippen LogP contribution in [0.5, 0.6) is 0 Å². The van der Waals surface area contributed by atoms with Crippen molar-refractivity contribution in [1.29, 1.82) is 0 Å². The van der Waals surface area contributed by atoms with Crippen LogP contribution in [0.4, 0.5) is 14.5 Å². The number of imidazole rings is 1. The van der Waals surface area contributed by atoms with E-state index in [2.05, 4.69) is 25.7 Å². The predicted molar refractivity (Wildman–Crippen MR) is 155 cm³/mol. The molecule has 14 nitrogen and oxygen atoms in total. The zero-order valence-electron chi connectivity index (χ0n) is 24.8. The maximum atomic E-state index is 13.9. The van der Waals surface area contributed by atoms with E-state index in [9.17, 15) is 28.0 Å². The fourth-order valence-electron chi connectivity index (χ4n) is 6.12. The number of carbonyl (C=O) groups is 3. The first-order chi connectivity index (χ1) is 21.3. The minimum Gasteiger partial charge on any atom is -0.458 e. The minimum atomic E-state index is -2.93. The molecule has 0 bridgehead atoms. The number of alkyl halides is 2. The van der Waals surface area contributed by atoms with Gasteiger partial charge in [-0.2, -0.15) is 9.78 Å². The lowest BCUT2D eigenvalue weighted by molar-refractivity contribution is 0.0198. The van der Waals surface area contributed by atoms with Crippen LogP contribution in [0.2, 0.25) is 0 Å². The molecular weight excluding hydrogens is 592 g/mol. The number of ketones is 1. The standard InChI is InChI=1S/C29H31F2N9O5/c1-29(2)11-19-21(20(41)12-29)22(24(30)31)36-40(19)15-6-9-17(25(32)42)18(10-15)34-14-4-7-16(8-5-14)45-27(43)23-26-35-37-38(3)28(44)39(26)13-33-23/h6,9-10,13-14,16,24,34H,4-5,7-8,11-12H2,1-3H3,(H2,32,42). The lowest BCUT2D eigenvalue weighted by Crippen LogP contribution is -2.32. The summed E-state index contributed by atoms with van der Waals surface area (Å²) in [4.78, 5) is 54.2. The van der Waals surface area contributed by atoms with E-state index in [-0.39, 0.29) is 40.7 Å². The van der Waals surface area contributed by atoms with Gasteiger partial charge >= 0.3 is 11.7 Å². The average molecular weight is 624 g/mol. The van der Waals surface area contributed by atoms with Crippen LogP contribution in [0.1, 0.15) is 95.0 Å². The highest BCUT2D eigenvalue weighted by Crippen LogP contribution is 2.40. The second-order valence-corrected chi connectivity index (χ2v) is 12.3. The maximum Gasteiger partial charge on any atom is 0.361 e. The average Bonchev–Trinajstić information content (AvgIpc) is 3.58. The van der Waals surface area contributed by atoms with Gasteiger partial charge in [0.15, 0.2) is 17.1 Å². The molecule has 0 aliphatic heterocycles. The number of aromatic nitrogens is 7. The van der Waals surface area contributed by atoms with Crippen LogP contribution in [0.25, 0.3) is 11.3 Å². The third kappa shape index (κ3) is 5.55. The van der Waals surface area contributed by atoms with Gasteiger partial charge in [-0.1, -0.05) is 19.1 Å². The number of primary amides is 1. The van der Waals surface area contributed by atoms with Crippen LogP contribution in [-0.4, -0.2) is 64.0 Å². The largest absolute Gasteiger partial charge is 0.458 e. The summed E-state index contributed by atoms with van der Waals surface area (Å²) in [5, 5.41) is 15.1. The van der Waals surface area contributed by atoms with Crippen molar-refractivity contribution >= 4 is 29.0 Å². The molecule has 4 aromatic rings. The van der Waals surface area contributed by atoms with Crippen LogP contribution in [0.3, 0.4) is 0 Å². The van der Waals surface area contributed by atoms with E-state index in [0.717, 1.165) is 9.08 Å². The molecule has 1 amide bonds. The number of nitrogens with zero attached hydrogens (tertiary/aromatic N) is 7. The first kappa shape index (κ1) is 30.0. The number of nitrogens with one attached hydrogen (secondary N) is 1. The Morgan fingerprint density at radius 2 is 1.87 bits per heavy atom. The van der Waals surface area contributed by atoms with E-state index in [0.29, 0.717) is 49.2 Å². The predicted octanol–water partition coefficient (Wildman–Crippen LogP) is 2.78. The molecule has 3 N–H and O–H groups in total. The topological polar surface area (TPSA) is 181 Å². The Balaban J connectivity index is 1.19. The van der Waals surface area contributed by atoms with Crippen molar-refractivity contribution in [2.75, 3.05) is 5.32 Å². The number of esters is 1. The minimum absolute atomic E-state index is 0.00404. The lowest BCUT2D eigenvalue weighted by atomic mass is 9.75. The van der Waals surface area contributed by atoms with Crippen LogP contribution < -0.4 is 16.7 Å². The third-order valence-corrected chi connectivity index (χ3v) is 8.29. The molecule has 0 saturated heterocycles. The summed E-state index contributed by atoms with van der Waals surface area (Å²) < 4.78 is 37.0. The van der Waals surface area contributed by atoms with Crippen LogP contribution >= 0.6 is 0 Å². The van der Waals surface area contributed by atoms with Gasteiger partial charge in [-0.25, -0.2) is 32.4 Å². The fourth-order valence-corrected chi connectivity index (χ4v) is 6.12. The van der Waals surface area contributed by atoms with E-state index in [4.69, 9.17) is 10.5 Å². The number of Topliss-reactive ketones (excluding diaryl/α,β-unsaturated/α-hetero) is 1. The smallest absolute Gasteiger partial charge is 0.361 e. The molecule has 1 aromatic carbocycles. The molecule has 1 saturated carbocycles. The molecule has 0 radical (unpaired) electrons. The van der Waals surface area contributed by atoms with E-state index in [1.807, 2.05) is 13.8 Å². The highest BCUT2D eigenvalue weighted by molar-refractivity contribution is 6.00. The quantitative estimate of drug-likeness (QED) is 0.291. The first-order valence-corrected chi connectivity index (χ1v) is 14.4.